The van der Waals surface area contributed by atoms with Gasteiger partial charge in [0.2, 0.25) is 0 Å². The van der Waals surface area contributed by atoms with Crippen LogP contribution in [0.15, 0.2) is 53.7 Å². The number of thioether (sulfide) groups is 1. The molecule has 0 unspecified atom stereocenters. The van der Waals surface area contributed by atoms with Crippen molar-refractivity contribution in [2.45, 2.75) is 0 Å². The van der Waals surface area contributed by atoms with Crippen molar-refractivity contribution in [3.8, 4) is 0 Å². The molecule has 1 N–H and O–H groups in total. The number of aromatic nitrogens is 1. The first-order valence-corrected chi connectivity index (χ1v) is 8.42. The lowest BCUT2D eigenvalue weighted by Gasteiger charge is -2.15. The van der Waals surface area contributed by atoms with Gasteiger partial charge in [-0.15, -0.1) is 0 Å². The number of carbonyl (C=O) groups excluding carboxylic acids is 2. The van der Waals surface area contributed by atoms with Gasteiger partial charge in [0.25, 0.3) is 17.5 Å². The highest BCUT2D eigenvalue weighted by Gasteiger charge is 2.34. The van der Waals surface area contributed by atoms with Crippen LogP contribution in [0.2, 0.25) is 0 Å². The second kappa shape index (κ2) is 7.42. The molecule has 0 aliphatic carbocycles. The molecule has 1 aliphatic heterocycles. The molecule has 8 nitrogen and oxygen atoms in total. The number of hydrogen-bond acceptors (Lipinski definition) is 7. The average molecular weight is 386 g/mol. The molecule has 0 bridgehead atoms. The first-order valence-electron chi connectivity index (χ1n) is 7.20. The summed E-state index contributed by atoms with van der Waals surface area (Å²) in [6.07, 6.45) is 4.80. The Kier molecular flexibility index (Phi) is 5.05. The van der Waals surface area contributed by atoms with Gasteiger partial charge in [0.05, 0.1) is 9.83 Å². The Hall–Kier alpha value is -3.11. The van der Waals surface area contributed by atoms with E-state index in [-0.39, 0.29) is 15.6 Å². The number of hydrazine groups is 1. The fourth-order valence-corrected chi connectivity index (χ4v) is 3.34. The van der Waals surface area contributed by atoms with E-state index in [9.17, 15) is 19.7 Å². The summed E-state index contributed by atoms with van der Waals surface area (Å²) in [5.41, 5.74) is 2.57. The zero-order valence-electron chi connectivity index (χ0n) is 13.0. The SMILES string of the molecule is O=C(NN1C(=O)/C(=C/c2ccncc2)SC1=S)c1ccccc1[N+](=O)[O-]. The normalized spacial score (nSPS) is 15.4. The third-order valence-corrected chi connectivity index (χ3v) is 4.66. The fourth-order valence-electron chi connectivity index (χ4n) is 2.16. The summed E-state index contributed by atoms with van der Waals surface area (Å²) in [6, 6.07) is 8.90. The number of nitro benzene ring substituents is 1. The summed E-state index contributed by atoms with van der Waals surface area (Å²) in [6.45, 7) is 0. The van der Waals surface area contributed by atoms with Gasteiger partial charge < -0.3 is 0 Å². The van der Waals surface area contributed by atoms with Gasteiger partial charge in [0, 0.05) is 18.5 Å². The number of rotatable bonds is 4. The van der Waals surface area contributed by atoms with Gasteiger partial charge in [0.1, 0.15) is 5.56 Å². The van der Waals surface area contributed by atoms with Crippen LogP contribution < -0.4 is 5.43 Å². The largest absolute Gasteiger partial charge is 0.285 e. The lowest BCUT2D eigenvalue weighted by molar-refractivity contribution is -0.385. The topological polar surface area (TPSA) is 105 Å². The summed E-state index contributed by atoms with van der Waals surface area (Å²) in [7, 11) is 0. The fraction of sp³-hybridized carbons (Fsp3) is 0. The van der Waals surface area contributed by atoms with Crippen molar-refractivity contribution >= 4 is 51.9 Å². The summed E-state index contributed by atoms with van der Waals surface area (Å²) in [5.74, 6) is -1.30. The highest BCUT2D eigenvalue weighted by molar-refractivity contribution is 8.26. The molecular weight excluding hydrogens is 376 g/mol. The first-order chi connectivity index (χ1) is 12.5. The molecule has 130 valence electrons. The standard InChI is InChI=1S/C16H10N4O4S2/c21-14(11-3-1-2-4-12(11)20(23)24)18-19-15(22)13(26-16(19)25)9-10-5-7-17-8-6-10/h1-9H,(H,18,21)/b13-9-. The highest BCUT2D eigenvalue weighted by atomic mass is 32.2. The molecule has 1 aliphatic rings. The lowest BCUT2D eigenvalue weighted by atomic mass is 10.2. The van der Waals surface area contributed by atoms with Crippen molar-refractivity contribution in [2.24, 2.45) is 0 Å². The van der Waals surface area contributed by atoms with Gasteiger partial charge in [-0.3, -0.25) is 30.1 Å². The second-order valence-corrected chi connectivity index (χ2v) is 6.69. The number of nitro groups is 1. The minimum absolute atomic E-state index is 0.127. The van der Waals surface area contributed by atoms with E-state index < -0.39 is 16.7 Å². The highest BCUT2D eigenvalue weighted by Crippen LogP contribution is 2.31. The minimum atomic E-state index is -0.793. The van der Waals surface area contributed by atoms with Crippen molar-refractivity contribution in [3.63, 3.8) is 0 Å². The van der Waals surface area contributed by atoms with Crippen LogP contribution in [0.5, 0.6) is 0 Å². The lowest BCUT2D eigenvalue weighted by Crippen LogP contribution is -2.45. The maximum Gasteiger partial charge on any atom is 0.285 e. The smallest absolute Gasteiger partial charge is 0.267 e. The molecule has 1 fully saturated rings. The Morgan fingerprint density at radius 2 is 1.96 bits per heavy atom. The Labute approximate surface area is 157 Å². The number of pyridine rings is 1. The van der Waals surface area contributed by atoms with Crippen molar-refractivity contribution < 1.29 is 14.5 Å². The van der Waals surface area contributed by atoms with Crippen LogP contribution in [0.3, 0.4) is 0 Å². The van der Waals surface area contributed by atoms with Crippen LogP contribution >= 0.6 is 24.0 Å². The van der Waals surface area contributed by atoms with Gasteiger partial charge in [-0.1, -0.05) is 23.9 Å². The van der Waals surface area contributed by atoms with E-state index in [1.165, 1.54) is 24.3 Å². The molecular formula is C16H10N4O4S2. The van der Waals surface area contributed by atoms with Crippen molar-refractivity contribution in [1.29, 1.82) is 0 Å². The zero-order chi connectivity index (χ0) is 18.7. The van der Waals surface area contributed by atoms with Gasteiger partial charge >= 0.3 is 0 Å². The van der Waals surface area contributed by atoms with Gasteiger partial charge in [0.15, 0.2) is 4.32 Å². The molecule has 0 spiro atoms. The van der Waals surface area contributed by atoms with E-state index in [1.807, 2.05) is 0 Å². The third kappa shape index (κ3) is 3.60. The Morgan fingerprint density at radius 3 is 2.65 bits per heavy atom. The van der Waals surface area contributed by atoms with Gasteiger partial charge in [-0.2, -0.15) is 5.01 Å². The van der Waals surface area contributed by atoms with Crippen molar-refractivity contribution in [1.82, 2.24) is 15.4 Å². The van der Waals surface area contributed by atoms with E-state index >= 15 is 0 Å². The number of para-hydroxylation sites is 1. The number of amides is 2. The molecule has 26 heavy (non-hydrogen) atoms. The van der Waals surface area contributed by atoms with E-state index in [4.69, 9.17) is 12.2 Å². The quantitative estimate of drug-likeness (QED) is 0.372. The summed E-state index contributed by atoms with van der Waals surface area (Å²) >= 11 is 6.15. The molecule has 3 rings (SSSR count). The van der Waals surface area contributed by atoms with E-state index in [0.29, 0.717) is 4.91 Å². The van der Waals surface area contributed by atoms with Crippen LogP contribution in [0.25, 0.3) is 6.08 Å². The molecule has 1 saturated heterocycles. The van der Waals surface area contributed by atoms with Crippen LogP contribution in [0.1, 0.15) is 15.9 Å². The molecule has 0 radical (unpaired) electrons. The average Bonchev–Trinajstić information content (AvgIpc) is 2.90. The summed E-state index contributed by atoms with van der Waals surface area (Å²) in [4.78, 5) is 39.5. The third-order valence-electron chi connectivity index (χ3n) is 3.36. The molecule has 2 heterocycles. The van der Waals surface area contributed by atoms with E-state index in [2.05, 4.69) is 10.4 Å². The van der Waals surface area contributed by atoms with Gasteiger partial charge in [-0.25, -0.2) is 0 Å². The molecule has 1 aromatic heterocycles. The number of thiocarbonyl (C=S) groups is 1. The van der Waals surface area contributed by atoms with Crippen LogP contribution in [0, 0.1) is 10.1 Å². The zero-order valence-corrected chi connectivity index (χ0v) is 14.6. The predicted molar refractivity (Wildman–Crippen MR) is 99.8 cm³/mol. The van der Waals surface area contributed by atoms with Crippen molar-refractivity contribution in [3.05, 3.63) is 74.9 Å². The van der Waals surface area contributed by atoms with E-state index in [1.54, 1.807) is 30.6 Å². The Balaban J connectivity index is 1.82. The molecule has 0 saturated carbocycles. The second-order valence-electron chi connectivity index (χ2n) is 5.01. The van der Waals surface area contributed by atoms with Crippen LogP contribution in [0.4, 0.5) is 5.69 Å². The molecule has 1 aromatic carbocycles. The number of hydrogen-bond donors (Lipinski definition) is 1. The Morgan fingerprint density at radius 1 is 1.27 bits per heavy atom. The summed E-state index contributed by atoms with van der Waals surface area (Å²) in [5, 5.41) is 12.0. The monoisotopic (exact) mass is 386 g/mol. The molecule has 2 amide bonds. The first kappa shape index (κ1) is 17.7. The van der Waals surface area contributed by atoms with Crippen LogP contribution in [-0.4, -0.2) is 31.1 Å². The van der Waals surface area contributed by atoms with Crippen molar-refractivity contribution in [2.75, 3.05) is 0 Å². The molecule has 2 aromatic rings. The molecule has 0 atom stereocenters. The Bertz CT molecular complexity index is 946. The van der Waals surface area contributed by atoms with Crippen LogP contribution in [-0.2, 0) is 4.79 Å². The number of nitrogens with zero attached hydrogens (tertiary/aromatic N) is 3. The maximum atomic E-state index is 12.5. The molecule has 10 heteroatoms. The maximum absolute atomic E-state index is 12.5. The summed E-state index contributed by atoms with van der Waals surface area (Å²) < 4.78 is 0.127. The van der Waals surface area contributed by atoms with Gasteiger partial charge in [-0.05, 0) is 42.1 Å². The number of nitrogens with one attached hydrogen (secondary N) is 1. The minimum Gasteiger partial charge on any atom is -0.267 e. The van der Waals surface area contributed by atoms with E-state index in [0.717, 1.165) is 22.3 Å². The predicted octanol–water partition coefficient (Wildman–Crippen LogP) is 2.54. The number of carbonyl (C=O) groups is 2. The number of benzene rings is 1.